The van der Waals surface area contributed by atoms with Crippen LogP contribution in [0, 0.1) is 0 Å². The smallest absolute Gasteiger partial charge is 0.134 e. The highest BCUT2D eigenvalue weighted by molar-refractivity contribution is 9.10. The van der Waals surface area contributed by atoms with E-state index in [1.165, 1.54) is 11.1 Å². The quantitative estimate of drug-likeness (QED) is 0.739. The molecule has 0 unspecified atom stereocenters. The number of phenols is 1. The molecular weight excluding hydrogens is 350 g/mol. The van der Waals surface area contributed by atoms with Gasteiger partial charge >= 0.3 is 0 Å². The third kappa shape index (κ3) is 5.03. The fourth-order valence-corrected chi connectivity index (χ4v) is 2.75. The molecule has 0 saturated heterocycles. The summed E-state index contributed by atoms with van der Waals surface area (Å²) in [5, 5.41) is 9.95. The number of hydrogen-bond acceptors (Lipinski definition) is 2. The Morgan fingerprint density at radius 1 is 1.05 bits per heavy atom. The summed E-state index contributed by atoms with van der Waals surface area (Å²) in [6, 6.07) is 13.7. The van der Waals surface area contributed by atoms with Gasteiger partial charge in [0.05, 0.1) is 5.02 Å². The first-order chi connectivity index (χ1) is 10.1. The van der Waals surface area contributed by atoms with E-state index in [1.807, 2.05) is 36.4 Å². The van der Waals surface area contributed by atoms with Crippen molar-refractivity contribution in [2.75, 3.05) is 20.1 Å². The average Bonchev–Trinajstić information content (AvgIpc) is 2.64. The van der Waals surface area contributed by atoms with Crippen LogP contribution in [0.3, 0.4) is 0 Å². The van der Waals surface area contributed by atoms with Crippen LogP contribution >= 0.6 is 27.5 Å². The first-order valence-corrected chi connectivity index (χ1v) is 8.12. The van der Waals surface area contributed by atoms with Gasteiger partial charge in [0.2, 0.25) is 0 Å². The maximum atomic E-state index is 9.49. The normalized spacial score (nSPS) is 14.6. The number of fused-ring (bicyclic) bond motifs is 1. The van der Waals surface area contributed by atoms with E-state index in [9.17, 15) is 5.11 Å². The van der Waals surface area contributed by atoms with Gasteiger partial charge in [-0.25, -0.2) is 0 Å². The largest absolute Gasteiger partial charge is 0.506 e. The molecule has 2 nitrogen and oxygen atoms in total. The molecule has 1 N–H and O–H groups in total. The lowest BCUT2D eigenvalue weighted by molar-refractivity contribution is 0.352. The Labute approximate surface area is 139 Å². The number of nitrogens with zero attached hydrogens (tertiary/aromatic N) is 1. The van der Waals surface area contributed by atoms with Gasteiger partial charge in [0, 0.05) is 17.6 Å². The molecule has 1 heterocycles. The number of rotatable bonds is 0. The summed E-state index contributed by atoms with van der Waals surface area (Å²) in [5.41, 5.74) is 2.51. The van der Waals surface area contributed by atoms with Crippen LogP contribution in [-0.2, 0) is 12.8 Å². The molecule has 0 amide bonds. The SMILES string of the molecule is Brc1ccccc1.CN1CCc2cc(O)c(Cl)cc2CC1. The molecule has 0 radical (unpaired) electrons. The van der Waals surface area contributed by atoms with Crippen molar-refractivity contribution in [1.82, 2.24) is 4.90 Å². The molecular formula is C17H19BrClNO. The molecule has 2 aromatic rings. The molecule has 0 aromatic heterocycles. The Morgan fingerprint density at radius 2 is 1.62 bits per heavy atom. The summed E-state index contributed by atoms with van der Waals surface area (Å²) >= 11 is 9.18. The maximum absolute atomic E-state index is 9.49. The van der Waals surface area contributed by atoms with Crippen molar-refractivity contribution < 1.29 is 5.11 Å². The van der Waals surface area contributed by atoms with Crippen LogP contribution in [-0.4, -0.2) is 30.1 Å². The van der Waals surface area contributed by atoms with Crippen molar-refractivity contribution in [3.05, 3.63) is 63.1 Å². The topological polar surface area (TPSA) is 23.5 Å². The van der Waals surface area contributed by atoms with Crippen LogP contribution in [0.4, 0.5) is 0 Å². The second-order valence-corrected chi connectivity index (χ2v) is 6.49. The molecule has 0 aliphatic carbocycles. The zero-order valence-electron chi connectivity index (χ0n) is 12.0. The van der Waals surface area contributed by atoms with Gasteiger partial charge in [-0.1, -0.05) is 45.7 Å². The molecule has 1 aliphatic rings. The zero-order valence-corrected chi connectivity index (χ0v) is 14.4. The van der Waals surface area contributed by atoms with E-state index in [0.717, 1.165) is 30.4 Å². The lowest BCUT2D eigenvalue weighted by Gasteiger charge is -2.10. The highest BCUT2D eigenvalue weighted by Crippen LogP contribution is 2.28. The average molecular weight is 369 g/mol. The molecule has 0 saturated carbocycles. The predicted molar refractivity (Wildman–Crippen MR) is 92.2 cm³/mol. The van der Waals surface area contributed by atoms with Crippen LogP contribution in [0.25, 0.3) is 0 Å². The lowest BCUT2D eigenvalue weighted by atomic mass is 10.0. The van der Waals surface area contributed by atoms with Crippen molar-refractivity contribution in [2.24, 2.45) is 0 Å². The van der Waals surface area contributed by atoms with Gasteiger partial charge in [0.25, 0.3) is 0 Å². The minimum Gasteiger partial charge on any atom is -0.506 e. The summed E-state index contributed by atoms with van der Waals surface area (Å²) in [7, 11) is 2.12. The Bertz CT molecular complexity index is 556. The van der Waals surface area contributed by atoms with E-state index >= 15 is 0 Å². The van der Waals surface area contributed by atoms with Gasteiger partial charge in [-0.2, -0.15) is 0 Å². The molecule has 0 spiro atoms. The van der Waals surface area contributed by atoms with E-state index in [0.29, 0.717) is 5.02 Å². The fraction of sp³-hybridized carbons (Fsp3) is 0.294. The Balaban J connectivity index is 0.000000194. The first-order valence-electron chi connectivity index (χ1n) is 6.95. The molecule has 21 heavy (non-hydrogen) atoms. The molecule has 4 heteroatoms. The van der Waals surface area contributed by atoms with Gasteiger partial charge in [-0.3, -0.25) is 0 Å². The molecule has 1 aliphatic heterocycles. The minimum absolute atomic E-state index is 0.204. The van der Waals surface area contributed by atoms with Crippen molar-refractivity contribution in [3.8, 4) is 5.75 Å². The number of benzene rings is 2. The molecule has 2 aromatic carbocycles. The van der Waals surface area contributed by atoms with Crippen LogP contribution in [0.1, 0.15) is 11.1 Å². The van der Waals surface area contributed by atoms with Crippen LogP contribution < -0.4 is 0 Å². The molecule has 112 valence electrons. The Morgan fingerprint density at radius 3 is 2.14 bits per heavy atom. The second-order valence-electron chi connectivity index (χ2n) is 5.17. The highest BCUT2D eigenvalue weighted by Gasteiger charge is 2.13. The van der Waals surface area contributed by atoms with Crippen LogP contribution in [0.2, 0.25) is 5.02 Å². The van der Waals surface area contributed by atoms with Crippen molar-refractivity contribution in [3.63, 3.8) is 0 Å². The monoisotopic (exact) mass is 367 g/mol. The van der Waals surface area contributed by atoms with Gasteiger partial charge in [-0.05, 0) is 55.3 Å². The maximum Gasteiger partial charge on any atom is 0.134 e. The standard InChI is InChI=1S/C11H14ClNO.C6H5Br/c1-13-4-2-8-6-10(12)11(14)7-9(8)3-5-13;7-6-4-2-1-3-5-6/h6-7,14H,2-5H2,1H3;1-5H. The number of halogens is 2. The number of likely N-dealkylation sites (N-methyl/N-ethyl adjacent to an activating group) is 1. The summed E-state index contributed by atoms with van der Waals surface area (Å²) in [4.78, 5) is 2.30. The van der Waals surface area contributed by atoms with Crippen LogP contribution in [0.15, 0.2) is 46.9 Å². The van der Waals surface area contributed by atoms with E-state index < -0.39 is 0 Å². The summed E-state index contributed by atoms with van der Waals surface area (Å²) in [6.07, 6.45) is 2.02. The fourth-order valence-electron chi connectivity index (χ4n) is 2.26. The third-order valence-electron chi connectivity index (χ3n) is 3.53. The molecule has 3 rings (SSSR count). The van der Waals surface area contributed by atoms with Gasteiger partial charge in [0.15, 0.2) is 0 Å². The van der Waals surface area contributed by atoms with Gasteiger partial charge in [0.1, 0.15) is 5.75 Å². The van der Waals surface area contributed by atoms with Crippen molar-refractivity contribution >= 4 is 27.5 Å². The van der Waals surface area contributed by atoms with Crippen molar-refractivity contribution in [2.45, 2.75) is 12.8 Å². The first kappa shape index (κ1) is 16.3. The predicted octanol–water partition coefficient (Wildman–Crippen LogP) is 4.53. The molecule has 0 bridgehead atoms. The van der Waals surface area contributed by atoms with Gasteiger partial charge in [-0.15, -0.1) is 0 Å². The lowest BCUT2D eigenvalue weighted by Crippen LogP contribution is -2.20. The van der Waals surface area contributed by atoms with Crippen molar-refractivity contribution in [1.29, 1.82) is 0 Å². The zero-order chi connectivity index (χ0) is 15.2. The van der Waals surface area contributed by atoms with E-state index in [1.54, 1.807) is 6.07 Å². The van der Waals surface area contributed by atoms with E-state index in [4.69, 9.17) is 11.6 Å². The summed E-state index contributed by atoms with van der Waals surface area (Å²) in [6.45, 7) is 2.11. The highest BCUT2D eigenvalue weighted by atomic mass is 79.9. The van der Waals surface area contributed by atoms with E-state index in [-0.39, 0.29) is 5.75 Å². The summed E-state index contributed by atoms with van der Waals surface area (Å²) in [5.74, 6) is 0.204. The molecule has 0 atom stereocenters. The van der Waals surface area contributed by atoms with Gasteiger partial charge < -0.3 is 10.0 Å². The number of aromatic hydroxyl groups is 1. The van der Waals surface area contributed by atoms with E-state index in [2.05, 4.69) is 27.9 Å². The summed E-state index contributed by atoms with van der Waals surface area (Å²) < 4.78 is 1.13. The minimum atomic E-state index is 0.204. The Hall–Kier alpha value is -1.03. The second kappa shape index (κ2) is 7.83. The number of phenolic OH excluding ortho intramolecular Hbond substituents is 1. The third-order valence-corrected chi connectivity index (χ3v) is 4.36. The number of hydrogen-bond donors (Lipinski definition) is 1. The Kier molecular flexibility index (Phi) is 6.09. The molecule has 0 fully saturated rings. The van der Waals surface area contributed by atoms with Crippen LogP contribution in [0.5, 0.6) is 5.75 Å².